The van der Waals surface area contributed by atoms with Crippen molar-refractivity contribution < 1.29 is 9.18 Å². The normalized spacial score (nSPS) is 24.6. The van der Waals surface area contributed by atoms with Crippen LogP contribution < -0.4 is 0 Å². The van der Waals surface area contributed by atoms with Gasteiger partial charge in [0.15, 0.2) is 5.65 Å². The Hall–Kier alpha value is -2.56. The minimum absolute atomic E-state index is 0.0545. The number of carbonyl (C=O) groups excluding carboxylic acids is 1. The fraction of sp³-hybridized carbons (Fsp3) is 0.435. The summed E-state index contributed by atoms with van der Waals surface area (Å²) >= 11 is 0. The van der Waals surface area contributed by atoms with Gasteiger partial charge in [0.25, 0.3) is 0 Å². The van der Waals surface area contributed by atoms with E-state index in [1.54, 1.807) is 16.8 Å². The van der Waals surface area contributed by atoms with E-state index in [2.05, 4.69) is 18.1 Å². The molecular formula is C23H24FN3O. The Balaban J connectivity index is 1.67. The first-order valence-corrected chi connectivity index (χ1v) is 10.3. The summed E-state index contributed by atoms with van der Waals surface area (Å²) in [5.41, 5.74) is 4.16. The maximum Gasteiger partial charge on any atom is 0.163 e. The van der Waals surface area contributed by atoms with Crippen molar-refractivity contribution in [3.63, 3.8) is 0 Å². The lowest BCUT2D eigenvalue weighted by molar-refractivity contribution is -0.123. The quantitative estimate of drug-likeness (QED) is 0.637. The third-order valence-corrected chi connectivity index (χ3v) is 6.93. The second-order valence-corrected chi connectivity index (χ2v) is 8.27. The largest absolute Gasteiger partial charge is 0.300 e. The molecule has 2 aromatic heterocycles. The maximum atomic E-state index is 13.3. The molecule has 0 aliphatic heterocycles. The van der Waals surface area contributed by atoms with E-state index in [1.807, 2.05) is 6.20 Å². The van der Waals surface area contributed by atoms with Gasteiger partial charge in [-0.25, -0.2) is 14.1 Å². The molecule has 0 amide bonds. The Morgan fingerprint density at radius 2 is 2.07 bits per heavy atom. The smallest absolute Gasteiger partial charge is 0.163 e. The van der Waals surface area contributed by atoms with Crippen molar-refractivity contribution in [1.82, 2.24) is 14.8 Å². The zero-order valence-electron chi connectivity index (χ0n) is 16.1. The Labute approximate surface area is 163 Å². The fourth-order valence-electron chi connectivity index (χ4n) is 5.43. The van der Waals surface area contributed by atoms with Crippen LogP contribution in [0.4, 0.5) is 4.39 Å². The number of carbonyl (C=O) groups is 1. The molecule has 2 aliphatic rings. The predicted molar refractivity (Wildman–Crippen MR) is 106 cm³/mol. The average Bonchev–Trinajstić information content (AvgIpc) is 3.04. The molecule has 1 aromatic carbocycles. The number of aromatic nitrogens is 3. The van der Waals surface area contributed by atoms with Crippen molar-refractivity contribution in [3.05, 3.63) is 53.6 Å². The number of halogens is 1. The van der Waals surface area contributed by atoms with Crippen LogP contribution in [0.2, 0.25) is 0 Å². The zero-order chi connectivity index (χ0) is 19.3. The highest BCUT2D eigenvalue weighted by Crippen LogP contribution is 2.50. The number of rotatable bonds is 2. The average molecular weight is 377 g/mol. The van der Waals surface area contributed by atoms with Crippen molar-refractivity contribution in [2.75, 3.05) is 0 Å². The molecule has 3 aromatic rings. The van der Waals surface area contributed by atoms with Crippen molar-refractivity contribution in [2.24, 2.45) is 5.92 Å². The van der Waals surface area contributed by atoms with Gasteiger partial charge in [0.2, 0.25) is 0 Å². The monoisotopic (exact) mass is 377 g/mol. The molecule has 0 saturated heterocycles. The van der Waals surface area contributed by atoms with E-state index in [1.165, 1.54) is 17.7 Å². The van der Waals surface area contributed by atoms with E-state index in [4.69, 9.17) is 4.98 Å². The molecule has 0 N–H and O–H groups in total. The van der Waals surface area contributed by atoms with Gasteiger partial charge in [-0.15, -0.1) is 0 Å². The third-order valence-electron chi connectivity index (χ3n) is 6.93. The molecule has 1 fully saturated rings. The number of pyridine rings is 1. The van der Waals surface area contributed by atoms with Crippen molar-refractivity contribution >= 4 is 16.8 Å². The highest BCUT2D eigenvalue weighted by Gasteiger charge is 2.45. The lowest BCUT2D eigenvalue weighted by Crippen LogP contribution is -2.40. The number of fused-ring (bicyclic) bond motifs is 4. The number of hydrogen-bond donors (Lipinski definition) is 0. The summed E-state index contributed by atoms with van der Waals surface area (Å²) < 4.78 is 15.1. The number of nitrogens with zero attached hydrogens (tertiary/aromatic N) is 3. The maximum absolute atomic E-state index is 13.3. The van der Waals surface area contributed by atoms with Crippen molar-refractivity contribution in [1.29, 1.82) is 0 Å². The van der Waals surface area contributed by atoms with Gasteiger partial charge in [0.05, 0.1) is 11.9 Å². The van der Waals surface area contributed by atoms with Crippen LogP contribution in [0.5, 0.6) is 0 Å². The summed E-state index contributed by atoms with van der Waals surface area (Å²) in [7, 11) is 0. The van der Waals surface area contributed by atoms with E-state index >= 15 is 0 Å². The molecule has 2 heterocycles. The van der Waals surface area contributed by atoms with Gasteiger partial charge in [-0.1, -0.05) is 6.92 Å². The summed E-state index contributed by atoms with van der Waals surface area (Å²) in [6.45, 7) is 2.25. The van der Waals surface area contributed by atoms with Gasteiger partial charge in [0, 0.05) is 29.3 Å². The SMILES string of the molecule is CCC12CCC(=O)CC1CCCc1nc3c(cnn3-c3ccc(F)cc3)cc12. The molecule has 5 rings (SSSR count). The third kappa shape index (κ3) is 2.60. The summed E-state index contributed by atoms with van der Waals surface area (Å²) in [4.78, 5) is 17.2. The number of Topliss-reactive ketones (excluding diaryl/α,β-unsaturated/α-hetero) is 1. The standard InChI is InChI=1S/C23H24FN3O/c1-2-23-11-10-19(28)13-16(23)4-3-5-21-20(23)12-15-14-25-27(22(15)26-21)18-8-6-17(24)7-9-18/h6-9,12,14,16H,2-5,10-11,13H2,1H3. The van der Waals surface area contributed by atoms with Crippen LogP contribution >= 0.6 is 0 Å². The van der Waals surface area contributed by atoms with Gasteiger partial charge in [-0.3, -0.25) is 4.79 Å². The first kappa shape index (κ1) is 17.5. The molecule has 5 heteroatoms. The topological polar surface area (TPSA) is 47.8 Å². The molecule has 2 atom stereocenters. The Morgan fingerprint density at radius 1 is 1.25 bits per heavy atom. The van der Waals surface area contributed by atoms with Crippen molar-refractivity contribution in [2.45, 2.75) is 57.3 Å². The number of benzene rings is 1. The van der Waals surface area contributed by atoms with E-state index in [-0.39, 0.29) is 11.2 Å². The molecule has 28 heavy (non-hydrogen) atoms. The molecule has 144 valence electrons. The van der Waals surface area contributed by atoms with Crippen LogP contribution in [-0.4, -0.2) is 20.5 Å². The van der Waals surface area contributed by atoms with Crippen LogP contribution in [0.3, 0.4) is 0 Å². The highest BCUT2D eigenvalue weighted by atomic mass is 19.1. The molecule has 2 unspecified atom stereocenters. The van der Waals surface area contributed by atoms with Gasteiger partial charge >= 0.3 is 0 Å². The minimum Gasteiger partial charge on any atom is -0.300 e. The van der Waals surface area contributed by atoms with E-state index in [9.17, 15) is 9.18 Å². The van der Waals surface area contributed by atoms with Crippen LogP contribution in [-0.2, 0) is 16.6 Å². The molecule has 0 spiro atoms. The van der Waals surface area contributed by atoms with Gasteiger partial charge in [-0.2, -0.15) is 5.10 Å². The second-order valence-electron chi connectivity index (χ2n) is 8.27. The zero-order valence-corrected chi connectivity index (χ0v) is 16.1. The number of ketones is 1. The molecule has 1 saturated carbocycles. The Morgan fingerprint density at radius 3 is 2.86 bits per heavy atom. The summed E-state index contributed by atoms with van der Waals surface area (Å²) in [6, 6.07) is 8.61. The molecule has 0 radical (unpaired) electrons. The lowest BCUT2D eigenvalue weighted by Gasteiger charge is -2.43. The first-order chi connectivity index (χ1) is 13.6. The fourth-order valence-corrected chi connectivity index (χ4v) is 5.43. The van der Waals surface area contributed by atoms with Gasteiger partial charge in [-0.05, 0) is 73.9 Å². The van der Waals surface area contributed by atoms with Crippen LogP contribution in [0.15, 0.2) is 36.5 Å². The Bertz CT molecular complexity index is 1060. The summed E-state index contributed by atoms with van der Waals surface area (Å²) in [5, 5.41) is 5.54. The lowest BCUT2D eigenvalue weighted by atomic mass is 9.60. The minimum atomic E-state index is -0.259. The van der Waals surface area contributed by atoms with E-state index in [0.717, 1.165) is 54.5 Å². The van der Waals surface area contributed by atoms with E-state index < -0.39 is 0 Å². The van der Waals surface area contributed by atoms with Crippen LogP contribution in [0.25, 0.3) is 16.7 Å². The second kappa shape index (κ2) is 6.50. The number of aryl methyl sites for hydroxylation is 1. The highest BCUT2D eigenvalue weighted by molar-refractivity contribution is 5.81. The van der Waals surface area contributed by atoms with Gasteiger partial charge < -0.3 is 0 Å². The Kier molecular flexibility index (Phi) is 4.07. The molecular weight excluding hydrogens is 353 g/mol. The summed E-state index contributed by atoms with van der Waals surface area (Å²) in [5.74, 6) is 0.576. The number of hydrogen-bond acceptors (Lipinski definition) is 3. The summed E-state index contributed by atoms with van der Waals surface area (Å²) in [6.07, 6.45) is 8.30. The first-order valence-electron chi connectivity index (χ1n) is 10.3. The van der Waals surface area contributed by atoms with Gasteiger partial charge in [0.1, 0.15) is 11.6 Å². The van der Waals surface area contributed by atoms with Crippen LogP contribution in [0.1, 0.15) is 56.7 Å². The molecule has 0 bridgehead atoms. The molecule has 4 nitrogen and oxygen atoms in total. The van der Waals surface area contributed by atoms with Crippen molar-refractivity contribution in [3.8, 4) is 5.69 Å². The molecule has 2 aliphatic carbocycles. The van der Waals surface area contributed by atoms with Crippen LogP contribution in [0, 0.1) is 11.7 Å². The predicted octanol–water partition coefficient (Wildman–Crippen LogP) is 4.91. The van der Waals surface area contributed by atoms with E-state index in [0.29, 0.717) is 24.5 Å².